The topological polar surface area (TPSA) is 65.4 Å². The van der Waals surface area contributed by atoms with Crippen molar-refractivity contribution in [2.45, 2.75) is 76.5 Å². The van der Waals surface area contributed by atoms with Crippen LogP contribution in [0.2, 0.25) is 5.02 Å². The SMILES string of the molecule is CC(=O)N[C@@H](C)COC1CCC(Oc2nc3c(Cl)cc(C4CC4)cc3n2C)CC1. The van der Waals surface area contributed by atoms with Crippen molar-refractivity contribution in [2.24, 2.45) is 7.05 Å². The Hall–Kier alpha value is -1.79. The number of nitrogens with one attached hydrogen (secondary N) is 1. The minimum absolute atomic E-state index is 0.0231. The molecule has 1 heterocycles. The van der Waals surface area contributed by atoms with Crippen LogP contribution < -0.4 is 10.1 Å². The van der Waals surface area contributed by atoms with Gasteiger partial charge in [-0.05, 0) is 69.1 Å². The van der Waals surface area contributed by atoms with Gasteiger partial charge in [-0.25, -0.2) is 0 Å². The number of hydrogen-bond acceptors (Lipinski definition) is 4. The van der Waals surface area contributed by atoms with Crippen molar-refractivity contribution in [1.29, 1.82) is 0 Å². The van der Waals surface area contributed by atoms with Crippen LogP contribution in [0.5, 0.6) is 6.01 Å². The number of hydrogen-bond donors (Lipinski definition) is 1. The molecular formula is C22H30ClN3O3. The molecule has 7 heteroatoms. The van der Waals surface area contributed by atoms with E-state index in [2.05, 4.69) is 22.4 Å². The highest BCUT2D eigenvalue weighted by Crippen LogP contribution is 2.43. The average molecular weight is 420 g/mol. The molecule has 29 heavy (non-hydrogen) atoms. The summed E-state index contributed by atoms with van der Waals surface area (Å²) in [7, 11) is 2.00. The number of nitrogens with zero attached hydrogens (tertiary/aromatic N) is 2. The lowest BCUT2D eigenvalue weighted by atomic mass is 9.95. The van der Waals surface area contributed by atoms with E-state index in [1.807, 2.05) is 18.5 Å². The van der Waals surface area contributed by atoms with Crippen molar-refractivity contribution in [3.63, 3.8) is 0 Å². The Morgan fingerprint density at radius 2 is 1.93 bits per heavy atom. The van der Waals surface area contributed by atoms with Gasteiger partial charge in [-0.1, -0.05) is 11.6 Å². The molecule has 0 spiro atoms. The maximum Gasteiger partial charge on any atom is 0.297 e. The van der Waals surface area contributed by atoms with Crippen LogP contribution in [0.4, 0.5) is 0 Å². The minimum atomic E-state index is -0.0231. The second-order valence-electron chi connectivity index (χ2n) is 8.55. The predicted molar refractivity (Wildman–Crippen MR) is 114 cm³/mol. The number of carbonyl (C=O) groups excluding carboxylic acids is 1. The van der Waals surface area contributed by atoms with Crippen LogP contribution in [0.3, 0.4) is 0 Å². The summed E-state index contributed by atoms with van der Waals surface area (Å²) in [6.45, 7) is 4.03. The number of imidazole rings is 1. The van der Waals surface area contributed by atoms with Crippen LogP contribution in [0.1, 0.15) is 63.9 Å². The molecule has 1 aromatic heterocycles. The molecule has 0 saturated heterocycles. The van der Waals surface area contributed by atoms with Gasteiger partial charge in [0.1, 0.15) is 11.6 Å². The number of amides is 1. The molecule has 1 N–H and O–H groups in total. The van der Waals surface area contributed by atoms with Gasteiger partial charge in [-0.15, -0.1) is 0 Å². The second-order valence-corrected chi connectivity index (χ2v) is 8.96. The van der Waals surface area contributed by atoms with Crippen molar-refractivity contribution < 1.29 is 14.3 Å². The fraction of sp³-hybridized carbons (Fsp3) is 0.636. The van der Waals surface area contributed by atoms with Crippen LogP contribution >= 0.6 is 11.6 Å². The molecule has 2 aromatic rings. The summed E-state index contributed by atoms with van der Waals surface area (Å²) in [5, 5.41) is 3.56. The summed E-state index contributed by atoms with van der Waals surface area (Å²) < 4.78 is 14.2. The largest absolute Gasteiger partial charge is 0.461 e. The van der Waals surface area contributed by atoms with Crippen molar-refractivity contribution in [2.75, 3.05) is 6.61 Å². The van der Waals surface area contributed by atoms with E-state index < -0.39 is 0 Å². The molecule has 0 unspecified atom stereocenters. The molecule has 0 aliphatic heterocycles. The summed E-state index contributed by atoms with van der Waals surface area (Å²) in [6.07, 6.45) is 6.63. The Kier molecular flexibility index (Phi) is 6.02. The zero-order valence-corrected chi connectivity index (χ0v) is 18.2. The van der Waals surface area contributed by atoms with Gasteiger partial charge in [-0.2, -0.15) is 4.98 Å². The number of aromatic nitrogens is 2. The standard InChI is InChI=1S/C22H30ClN3O3/c1-13(24-14(2)27)12-28-17-6-8-18(9-7-17)29-22-25-21-19(23)10-16(15-4-5-15)11-20(21)26(22)3/h10-11,13,15,17-18H,4-9,12H2,1-3H3,(H,24,27)/t13-,17?,18?/m0/s1. The van der Waals surface area contributed by atoms with E-state index in [1.165, 1.54) is 25.3 Å². The average Bonchev–Trinajstić information content (AvgIpc) is 3.48. The number of carbonyl (C=O) groups is 1. The Labute approximate surface area is 176 Å². The van der Waals surface area contributed by atoms with Gasteiger partial charge >= 0.3 is 0 Å². The number of aryl methyl sites for hydroxylation is 1. The fourth-order valence-electron chi connectivity index (χ4n) is 4.14. The molecule has 1 amide bonds. The zero-order chi connectivity index (χ0) is 20.5. The van der Waals surface area contributed by atoms with Crippen LogP contribution in [-0.4, -0.2) is 40.3 Å². The monoisotopic (exact) mass is 419 g/mol. The molecule has 2 aliphatic rings. The highest BCUT2D eigenvalue weighted by Gasteiger charge is 2.27. The molecule has 6 nitrogen and oxygen atoms in total. The Balaban J connectivity index is 1.33. The van der Waals surface area contributed by atoms with Gasteiger partial charge in [0.2, 0.25) is 5.91 Å². The van der Waals surface area contributed by atoms with Gasteiger partial charge in [0.05, 0.1) is 23.3 Å². The molecule has 2 aliphatic carbocycles. The Bertz CT molecular complexity index is 885. The summed E-state index contributed by atoms with van der Waals surface area (Å²) >= 11 is 6.50. The minimum Gasteiger partial charge on any atom is -0.461 e. The smallest absolute Gasteiger partial charge is 0.297 e. The van der Waals surface area contributed by atoms with Gasteiger partial charge in [0.15, 0.2) is 0 Å². The molecule has 2 saturated carbocycles. The number of fused-ring (bicyclic) bond motifs is 1. The molecule has 4 rings (SSSR count). The van der Waals surface area contributed by atoms with Crippen molar-refractivity contribution in [3.05, 3.63) is 22.7 Å². The Morgan fingerprint density at radius 3 is 2.59 bits per heavy atom. The van der Waals surface area contributed by atoms with Gasteiger partial charge in [0.25, 0.3) is 6.01 Å². The summed E-state index contributed by atoms with van der Waals surface area (Å²) in [6, 6.07) is 4.94. The van der Waals surface area contributed by atoms with E-state index >= 15 is 0 Å². The Morgan fingerprint density at radius 1 is 1.24 bits per heavy atom. The van der Waals surface area contributed by atoms with Gasteiger partial charge in [-0.3, -0.25) is 9.36 Å². The highest BCUT2D eigenvalue weighted by atomic mass is 35.5. The van der Waals surface area contributed by atoms with Crippen LogP contribution in [0.15, 0.2) is 12.1 Å². The zero-order valence-electron chi connectivity index (χ0n) is 17.4. The normalized spacial score (nSPS) is 23.2. The van der Waals surface area contributed by atoms with E-state index in [0.29, 0.717) is 23.6 Å². The maximum atomic E-state index is 11.1. The van der Waals surface area contributed by atoms with Crippen LogP contribution in [0.25, 0.3) is 11.0 Å². The third kappa shape index (κ3) is 4.86. The second kappa shape index (κ2) is 8.52. The molecule has 1 aromatic carbocycles. The molecule has 2 fully saturated rings. The quantitative estimate of drug-likeness (QED) is 0.725. The van der Waals surface area contributed by atoms with Gasteiger partial charge in [0, 0.05) is 20.0 Å². The van der Waals surface area contributed by atoms with Crippen molar-refractivity contribution >= 4 is 28.5 Å². The van der Waals surface area contributed by atoms with E-state index in [-0.39, 0.29) is 24.2 Å². The molecule has 158 valence electrons. The lowest BCUT2D eigenvalue weighted by Crippen LogP contribution is -2.37. The van der Waals surface area contributed by atoms with Gasteiger partial charge < -0.3 is 14.8 Å². The first-order valence-electron chi connectivity index (χ1n) is 10.6. The van der Waals surface area contributed by atoms with E-state index in [1.54, 1.807) is 0 Å². The van der Waals surface area contributed by atoms with E-state index in [4.69, 9.17) is 21.1 Å². The molecule has 0 radical (unpaired) electrons. The summed E-state index contributed by atoms with van der Waals surface area (Å²) in [4.78, 5) is 15.8. The lowest BCUT2D eigenvalue weighted by Gasteiger charge is -2.29. The molecular weight excluding hydrogens is 390 g/mol. The third-order valence-electron chi connectivity index (χ3n) is 5.90. The number of ether oxygens (including phenoxy) is 2. The summed E-state index contributed by atoms with van der Waals surface area (Å²) in [5.74, 6) is 0.629. The molecule has 0 bridgehead atoms. The highest BCUT2D eigenvalue weighted by molar-refractivity contribution is 6.35. The number of rotatable bonds is 7. The fourth-order valence-corrected chi connectivity index (χ4v) is 4.40. The van der Waals surface area contributed by atoms with E-state index in [0.717, 1.165) is 36.7 Å². The number of benzene rings is 1. The predicted octanol–water partition coefficient (Wildman–Crippen LogP) is 4.34. The van der Waals surface area contributed by atoms with Crippen molar-refractivity contribution in [1.82, 2.24) is 14.9 Å². The lowest BCUT2D eigenvalue weighted by molar-refractivity contribution is -0.120. The van der Waals surface area contributed by atoms with E-state index in [9.17, 15) is 4.79 Å². The summed E-state index contributed by atoms with van der Waals surface area (Å²) in [5.41, 5.74) is 3.17. The first kappa shape index (κ1) is 20.5. The van der Waals surface area contributed by atoms with Crippen LogP contribution in [-0.2, 0) is 16.6 Å². The number of halogens is 1. The maximum absolute atomic E-state index is 11.1. The van der Waals surface area contributed by atoms with Crippen LogP contribution in [0, 0.1) is 0 Å². The molecule has 1 atom stereocenters. The van der Waals surface area contributed by atoms with Crippen molar-refractivity contribution in [3.8, 4) is 6.01 Å². The first-order chi connectivity index (χ1) is 13.9. The third-order valence-corrected chi connectivity index (χ3v) is 6.18. The first-order valence-corrected chi connectivity index (χ1v) is 11.0.